The summed E-state index contributed by atoms with van der Waals surface area (Å²) in [5, 5.41) is 2.03. The highest BCUT2D eigenvalue weighted by Gasteiger charge is 2.11. The van der Waals surface area contributed by atoms with Crippen LogP contribution >= 0.6 is 0 Å². The molecule has 0 bridgehead atoms. The zero-order valence-electron chi connectivity index (χ0n) is 16.1. The number of nitrogens with zero attached hydrogens (tertiary/aromatic N) is 1. The Bertz CT molecular complexity index is 1200. The fraction of sp³-hybridized carbons (Fsp3) is 0.261. The highest BCUT2D eigenvalue weighted by Crippen LogP contribution is 2.26. The third-order valence-corrected chi connectivity index (χ3v) is 5.42. The molecule has 0 amide bonds. The van der Waals surface area contributed by atoms with Crippen molar-refractivity contribution in [2.24, 2.45) is 0 Å². The molecule has 0 saturated carbocycles. The molecule has 4 aromatic rings. The van der Waals surface area contributed by atoms with E-state index in [0.29, 0.717) is 12.2 Å². The number of benzene rings is 2. The molecule has 29 heavy (non-hydrogen) atoms. The maximum atomic E-state index is 12.6. The first kappa shape index (κ1) is 18.0. The van der Waals surface area contributed by atoms with Gasteiger partial charge in [0.15, 0.2) is 0 Å². The molecule has 148 valence electrons. The molecule has 6 heteroatoms. The maximum Gasteiger partial charge on any atom is 0.257 e. The molecule has 1 fully saturated rings. The summed E-state index contributed by atoms with van der Waals surface area (Å²) in [7, 11) is 0. The predicted octanol–water partition coefficient (Wildman–Crippen LogP) is 3.39. The van der Waals surface area contributed by atoms with Crippen molar-refractivity contribution in [1.29, 1.82) is 0 Å². The molecular formula is C23H23N3O3. The lowest BCUT2D eigenvalue weighted by Crippen LogP contribution is -2.38. The number of morpholine rings is 1. The molecule has 0 aliphatic carbocycles. The maximum absolute atomic E-state index is 12.6. The summed E-state index contributed by atoms with van der Waals surface area (Å²) < 4.78 is 11.3. The average Bonchev–Trinajstić information content (AvgIpc) is 3.17. The molecule has 5 rings (SSSR count). The van der Waals surface area contributed by atoms with Crippen LogP contribution in [0.15, 0.2) is 59.4 Å². The summed E-state index contributed by atoms with van der Waals surface area (Å²) in [5.74, 6) is 0.837. The Morgan fingerprint density at radius 3 is 2.66 bits per heavy atom. The molecule has 2 aromatic heterocycles. The number of fused-ring (bicyclic) bond motifs is 2. The molecule has 1 aliphatic heterocycles. The van der Waals surface area contributed by atoms with Crippen LogP contribution in [0.3, 0.4) is 0 Å². The van der Waals surface area contributed by atoms with Gasteiger partial charge in [-0.05, 0) is 41.8 Å². The smallest absolute Gasteiger partial charge is 0.257 e. The van der Waals surface area contributed by atoms with Crippen LogP contribution in [0.25, 0.3) is 33.1 Å². The molecule has 0 unspecified atom stereocenters. The van der Waals surface area contributed by atoms with E-state index in [4.69, 9.17) is 9.47 Å². The summed E-state index contributed by atoms with van der Waals surface area (Å²) in [4.78, 5) is 21.2. The topological polar surface area (TPSA) is 70.3 Å². The lowest BCUT2D eigenvalue weighted by atomic mass is 10.1. The monoisotopic (exact) mass is 389 g/mol. The zero-order valence-corrected chi connectivity index (χ0v) is 16.1. The van der Waals surface area contributed by atoms with E-state index in [1.807, 2.05) is 54.6 Å². The predicted molar refractivity (Wildman–Crippen MR) is 115 cm³/mol. The molecule has 1 saturated heterocycles. The number of para-hydroxylation sites is 1. The van der Waals surface area contributed by atoms with E-state index in [0.717, 1.165) is 66.1 Å². The number of hydrogen-bond acceptors (Lipinski definition) is 4. The van der Waals surface area contributed by atoms with Gasteiger partial charge in [-0.2, -0.15) is 0 Å². The Morgan fingerprint density at radius 1 is 0.931 bits per heavy atom. The largest absolute Gasteiger partial charge is 0.492 e. The number of pyridine rings is 1. The lowest BCUT2D eigenvalue weighted by molar-refractivity contribution is 0.0322. The standard InChI is InChI=1S/C23H23N3O3/c27-23-19(14-16-3-1-2-4-20(16)25-23)22-15-17-13-18(5-6-21(17)24-22)29-12-9-26-7-10-28-11-8-26/h1-6,13-15,24H,7-12H2,(H,25,27). The van der Waals surface area contributed by atoms with Crippen molar-refractivity contribution in [3.05, 3.63) is 65.0 Å². The summed E-state index contributed by atoms with van der Waals surface area (Å²) in [6.07, 6.45) is 0. The Morgan fingerprint density at radius 2 is 1.76 bits per heavy atom. The zero-order chi connectivity index (χ0) is 19.6. The van der Waals surface area contributed by atoms with E-state index in [-0.39, 0.29) is 5.56 Å². The van der Waals surface area contributed by atoms with Gasteiger partial charge >= 0.3 is 0 Å². The minimum atomic E-state index is -0.0998. The Balaban J connectivity index is 1.36. The van der Waals surface area contributed by atoms with Crippen LogP contribution in [-0.2, 0) is 4.74 Å². The molecule has 1 aliphatic rings. The number of hydrogen-bond donors (Lipinski definition) is 2. The average molecular weight is 389 g/mol. The molecule has 3 heterocycles. The van der Waals surface area contributed by atoms with Crippen LogP contribution in [0.2, 0.25) is 0 Å². The first-order valence-corrected chi connectivity index (χ1v) is 9.94. The van der Waals surface area contributed by atoms with E-state index >= 15 is 0 Å². The Kier molecular flexibility index (Phi) is 4.79. The van der Waals surface area contributed by atoms with Crippen molar-refractivity contribution in [2.75, 3.05) is 39.5 Å². The minimum absolute atomic E-state index is 0.0998. The van der Waals surface area contributed by atoms with Crippen LogP contribution in [-0.4, -0.2) is 54.3 Å². The number of aromatic nitrogens is 2. The lowest BCUT2D eigenvalue weighted by Gasteiger charge is -2.26. The van der Waals surface area contributed by atoms with Crippen molar-refractivity contribution >= 4 is 21.8 Å². The van der Waals surface area contributed by atoms with Gasteiger partial charge in [-0.15, -0.1) is 0 Å². The quantitative estimate of drug-likeness (QED) is 0.549. The Labute approximate surface area is 168 Å². The van der Waals surface area contributed by atoms with Gasteiger partial charge in [-0.3, -0.25) is 9.69 Å². The normalized spacial score (nSPS) is 15.2. The van der Waals surface area contributed by atoms with Crippen LogP contribution in [0, 0.1) is 0 Å². The van der Waals surface area contributed by atoms with Gasteiger partial charge in [0.2, 0.25) is 0 Å². The SMILES string of the molecule is O=c1[nH]c2ccccc2cc1-c1cc2cc(OCCN3CCOCC3)ccc2[nH]1. The van der Waals surface area contributed by atoms with Crippen molar-refractivity contribution in [3.8, 4) is 17.0 Å². The highest BCUT2D eigenvalue weighted by molar-refractivity contribution is 5.89. The van der Waals surface area contributed by atoms with Gasteiger partial charge < -0.3 is 19.4 Å². The van der Waals surface area contributed by atoms with E-state index < -0.39 is 0 Å². The number of nitrogens with one attached hydrogen (secondary N) is 2. The Hall–Kier alpha value is -3.09. The summed E-state index contributed by atoms with van der Waals surface area (Å²) in [5.41, 5.74) is 3.16. The highest BCUT2D eigenvalue weighted by atomic mass is 16.5. The van der Waals surface area contributed by atoms with E-state index in [1.54, 1.807) is 0 Å². The third kappa shape index (κ3) is 3.77. The van der Waals surface area contributed by atoms with Gasteiger partial charge in [-0.1, -0.05) is 18.2 Å². The number of rotatable bonds is 5. The van der Waals surface area contributed by atoms with E-state index in [1.165, 1.54) is 0 Å². The van der Waals surface area contributed by atoms with Crippen molar-refractivity contribution in [2.45, 2.75) is 0 Å². The molecule has 6 nitrogen and oxygen atoms in total. The molecule has 0 radical (unpaired) electrons. The van der Waals surface area contributed by atoms with Gasteiger partial charge in [0, 0.05) is 36.1 Å². The second-order valence-corrected chi connectivity index (χ2v) is 7.33. The number of ether oxygens (including phenoxy) is 2. The second-order valence-electron chi connectivity index (χ2n) is 7.33. The van der Waals surface area contributed by atoms with Crippen LogP contribution in [0.1, 0.15) is 0 Å². The van der Waals surface area contributed by atoms with Crippen molar-refractivity contribution < 1.29 is 9.47 Å². The molecule has 2 N–H and O–H groups in total. The first-order chi connectivity index (χ1) is 14.3. The first-order valence-electron chi connectivity index (χ1n) is 9.94. The number of aromatic amines is 2. The number of H-pyrrole nitrogens is 2. The molecular weight excluding hydrogens is 366 g/mol. The van der Waals surface area contributed by atoms with Gasteiger partial charge in [0.25, 0.3) is 5.56 Å². The molecule has 0 atom stereocenters. The summed E-state index contributed by atoms with van der Waals surface area (Å²) in [6.45, 7) is 5.06. The fourth-order valence-corrected chi connectivity index (χ4v) is 3.81. The fourth-order valence-electron chi connectivity index (χ4n) is 3.81. The minimum Gasteiger partial charge on any atom is -0.492 e. The van der Waals surface area contributed by atoms with E-state index in [9.17, 15) is 4.79 Å². The van der Waals surface area contributed by atoms with Gasteiger partial charge in [0.1, 0.15) is 12.4 Å². The van der Waals surface area contributed by atoms with Gasteiger partial charge in [-0.25, -0.2) is 0 Å². The van der Waals surface area contributed by atoms with Crippen LogP contribution < -0.4 is 10.3 Å². The van der Waals surface area contributed by atoms with Crippen molar-refractivity contribution in [3.63, 3.8) is 0 Å². The molecule has 2 aromatic carbocycles. The van der Waals surface area contributed by atoms with Crippen LogP contribution in [0.4, 0.5) is 0 Å². The van der Waals surface area contributed by atoms with Crippen LogP contribution in [0.5, 0.6) is 5.75 Å². The summed E-state index contributed by atoms with van der Waals surface area (Å²) >= 11 is 0. The van der Waals surface area contributed by atoms with Gasteiger partial charge in [0.05, 0.1) is 24.5 Å². The summed E-state index contributed by atoms with van der Waals surface area (Å²) in [6, 6.07) is 17.7. The van der Waals surface area contributed by atoms with E-state index in [2.05, 4.69) is 14.9 Å². The molecule has 0 spiro atoms. The second kappa shape index (κ2) is 7.73. The van der Waals surface area contributed by atoms with Crippen molar-refractivity contribution in [1.82, 2.24) is 14.9 Å². The third-order valence-electron chi connectivity index (χ3n) is 5.42.